The fraction of sp³-hybridized carbons (Fsp3) is 0.118. The Labute approximate surface area is 292 Å². The second-order valence-electron chi connectivity index (χ2n) is 9.65. The van der Waals surface area contributed by atoms with Crippen LogP contribution in [0.1, 0.15) is 44.7 Å². The van der Waals surface area contributed by atoms with Gasteiger partial charge >= 0.3 is 11.9 Å². The van der Waals surface area contributed by atoms with Gasteiger partial charge in [-0.2, -0.15) is 10.2 Å². The molecular weight excluding hydrogens is 752 g/mol. The van der Waals surface area contributed by atoms with Crippen LogP contribution in [0.15, 0.2) is 104 Å². The number of rotatable bonds is 13. The number of carbonyl (C=O) groups excluding carboxylic acids is 4. The van der Waals surface area contributed by atoms with Crippen LogP contribution in [0.4, 0.5) is 0 Å². The van der Waals surface area contributed by atoms with Gasteiger partial charge in [0.15, 0.2) is 23.0 Å². The van der Waals surface area contributed by atoms with Gasteiger partial charge in [0, 0.05) is 21.8 Å². The molecule has 0 aromatic heterocycles. The summed E-state index contributed by atoms with van der Waals surface area (Å²) in [7, 11) is 2.86. The molecule has 2 N–H and O–H groups in total. The summed E-state index contributed by atoms with van der Waals surface area (Å²) >= 11 is 6.65. The average molecular weight is 780 g/mol. The summed E-state index contributed by atoms with van der Waals surface area (Å²) in [6.07, 6.45) is 2.48. The van der Waals surface area contributed by atoms with Gasteiger partial charge in [0.2, 0.25) is 11.8 Å². The Bertz CT molecular complexity index is 1740. The highest BCUT2D eigenvalue weighted by Gasteiger charge is 2.16. The molecule has 0 unspecified atom stereocenters. The molecule has 14 heteroatoms. The number of benzene rings is 4. The van der Waals surface area contributed by atoms with Crippen LogP contribution >= 0.6 is 31.9 Å². The number of nitrogens with zero attached hydrogens (tertiary/aromatic N) is 2. The third-order valence-corrected chi connectivity index (χ3v) is 7.74. The molecular formula is C34H28Br2N4O8. The minimum absolute atomic E-state index is 0.142. The number of hydrogen-bond acceptors (Lipinski definition) is 10. The van der Waals surface area contributed by atoms with Crippen molar-refractivity contribution in [1.82, 2.24) is 10.9 Å². The number of amides is 2. The predicted molar refractivity (Wildman–Crippen MR) is 185 cm³/mol. The van der Waals surface area contributed by atoms with Crippen LogP contribution < -0.4 is 29.8 Å². The zero-order valence-electron chi connectivity index (χ0n) is 25.6. The summed E-state index contributed by atoms with van der Waals surface area (Å²) in [6.45, 7) is 0. The van der Waals surface area contributed by atoms with E-state index in [1.807, 2.05) is 0 Å². The zero-order valence-corrected chi connectivity index (χ0v) is 28.7. The standard InChI is InChI=1S/C34H28Br2N4O8/c1-45-29-17-21(11-13-27(29)47-33(43)23-7-3-5-9-25(23)35)19-37-39-31(41)15-16-32(42)40-38-20-22-12-14-28(30(18-22)46-2)48-34(44)24-8-4-6-10-26(24)36/h3-14,17-20H,15-16H2,1-2H3,(H,39,41)(H,40,42). The first-order valence-electron chi connectivity index (χ1n) is 14.1. The fourth-order valence-electron chi connectivity index (χ4n) is 3.96. The van der Waals surface area contributed by atoms with Gasteiger partial charge in [0.1, 0.15) is 0 Å². The molecule has 2 amide bonds. The first-order valence-corrected chi connectivity index (χ1v) is 15.7. The monoisotopic (exact) mass is 778 g/mol. The number of ether oxygens (including phenoxy) is 4. The molecule has 246 valence electrons. The Morgan fingerprint density at radius 2 is 1.00 bits per heavy atom. The van der Waals surface area contributed by atoms with Gasteiger partial charge in [-0.15, -0.1) is 0 Å². The fourth-order valence-corrected chi connectivity index (χ4v) is 4.85. The topological polar surface area (TPSA) is 154 Å². The number of carbonyl (C=O) groups is 4. The maximum atomic E-state index is 12.5. The average Bonchev–Trinajstić information content (AvgIpc) is 3.08. The van der Waals surface area contributed by atoms with Gasteiger partial charge < -0.3 is 18.9 Å². The van der Waals surface area contributed by atoms with Crippen molar-refractivity contribution in [3.63, 3.8) is 0 Å². The molecule has 0 heterocycles. The van der Waals surface area contributed by atoms with Crippen molar-refractivity contribution in [2.24, 2.45) is 10.2 Å². The van der Waals surface area contributed by atoms with E-state index in [0.717, 1.165) is 0 Å². The number of hydrogen-bond donors (Lipinski definition) is 2. The molecule has 0 saturated carbocycles. The van der Waals surface area contributed by atoms with Crippen molar-refractivity contribution in [2.75, 3.05) is 14.2 Å². The summed E-state index contributed by atoms with van der Waals surface area (Å²) in [4.78, 5) is 49.5. The van der Waals surface area contributed by atoms with Gasteiger partial charge in [-0.3, -0.25) is 9.59 Å². The lowest BCUT2D eigenvalue weighted by molar-refractivity contribution is -0.126. The molecule has 0 atom stereocenters. The van der Waals surface area contributed by atoms with Gasteiger partial charge in [-0.1, -0.05) is 24.3 Å². The van der Waals surface area contributed by atoms with Crippen LogP contribution in [-0.2, 0) is 9.59 Å². The molecule has 4 rings (SSSR count). The molecule has 0 spiro atoms. The van der Waals surface area contributed by atoms with Crippen molar-refractivity contribution in [1.29, 1.82) is 0 Å². The zero-order chi connectivity index (χ0) is 34.5. The number of halogens is 2. The predicted octanol–water partition coefficient (Wildman–Crippen LogP) is 6.05. The molecule has 4 aromatic carbocycles. The third-order valence-electron chi connectivity index (χ3n) is 6.35. The first-order chi connectivity index (χ1) is 23.2. The van der Waals surface area contributed by atoms with E-state index in [1.54, 1.807) is 84.9 Å². The van der Waals surface area contributed by atoms with Crippen molar-refractivity contribution in [3.8, 4) is 23.0 Å². The third kappa shape index (κ3) is 10.1. The van der Waals surface area contributed by atoms with E-state index in [-0.39, 0.29) is 35.8 Å². The molecule has 0 aliphatic heterocycles. The number of methoxy groups -OCH3 is 2. The van der Waals surface area contributed by atoms with Crippen LogP contribution in [0, 0.1) is 0 Å². The summed E-state index contributed by atoms with van der Waals surface area (Å²) in [5.74, 6) is -1.10. The van der Waals surface area contributed by atoms with Gasteiger partial charge in [-0.05, 0) is 104 Å². The lowest BCUT2D eigenvalue weighted by atomic mass is 10.2. The lowest BCUT2D eigenvalue weighted by Crippen LogP contribution is -2.22. The quantitative estimate of drug-likeness (QED) is 0.0720. The number of nitrogens with one attached hydrogen (secondary N) is 2. The molecule has 0 radical (unpaired) electrons. The van der Waals surface area contributed by atoms with E-state index >= 15 is 0 Å². The van der Waals surface area contributed by atoms with Crippen molar-refractivity contribution in [3.05, 3.63) is 116 Å². The Morgan fingerprint density at radius 1 is 0.604 bits per heavy atom. The summed E-state index contributed by atoms with van der Waals surface area (Å²) in [6, 6.07) is 23.3. The normalized spacial score (nSPS) is 10.8. The SMILES string of the molecule is COc1cc(C=NNC(=O)CCC(=O)NN=Cc2ccc(OC(=O)c3ccccc3Br)c(OC)c2)ccc1OC(=O)c1ccccc1Br. The maximum absolute atomic E-state index is 12.5. The molecule has 0 saturated heterocycles. The second kappa shape index (κ2) is 17.5. The van der Waals surface area contributed by atoms with Crippen LogP contribution in [0.5, 0.6) is 23.0 Å². The van der Waals surface area contributed by atoms with Gasteiger partial charge in [-0.25, -0.2) is 20.4 Å². The molecule has 0 fully saturated rings. The van der Waals surface area contributed by atoms with Crippen molar-refractivity contribution >= 4 is 68.0 Å². The molecule has 4 aromatic rings. The highest BCUT2D eigenvalue weighted by Crippen LogP contribution is 2.30. The van der Waals surface area contributed by atoms with Crippen molar-refractivity contribution in [2.45, 2.75) is 12.8 Å². The van der Waals surface area contributed by atoms with E-state index in [1.165, 1.54) is 26.6 Å². The number of hydrazone groups is 2. The number of esters is 2. The van der Waals surface area contributed by atoms with Crippen molar-refractivity contribution < 1.29 is 38.1 Å². The van der Waals surface area contributed by atoms with E-state index < -0.39 is 23.8 Å². The minimum atomic E-state index is -0.559. The Kier molecular flexibility index (Phi) is 13.0. The van der Waals surface area contributed by atoms with Crippen LogP contribution in [0.2, 0.25) is 0 Å². The summed E-state index contributed by atoms with van der Waals surface area (Å²) < 4.78 is 22.8. The Balaban J connectivity index is 1.22. The lowest BCUT2D eigenvalue weighted by Gasteiger charge is -2.10. The van der Waals surface area contributed by atoms with E-state index in [2.05, 4.69) is 52.9 Å². The summed E-state index contributed by atoms with van der Waals surface area (Å²) in [5.41, 5.74) is 6.55. The molecule has 0 bridgehead atoms. The molecule has 12 nitrogen and oxygen atoms in total. The molecule has 0 aliphatic rings. The Hall–Kier alpha value is -5.34. The highest BCUT2D eigenvalue weighted by molar-refractivity contribution is 9.10. The van der Waals surface area contributed by atoms with Gasteiger partial charge in [0.05, 0.1) is 37.8 Å². The largest absolute Gasteiger partial charge is 0.493 e. The molecule has 48 heavy (non-hydrogen) atoms. The van der Waals surface area contributed by atoms with E-state index in [9.17, 15) is 19.2 Å². The van der Waals surface area contributed by atoms with Gasteiger partial charge in [0.25, 0.3) is 0 Å². The second-order valence-corrected chi connectivity index (χ2v) is 11.4. The van der Waals surface area contributed by atoms with Crippen LogP contribution in [-0.4, -0.2) is 50.4 Å². The highest BCUT2D eigenvalue weighted by atomic mass is 79.9. The van der Waals surface area contributed by atoms with Crippen LogP contribution in [0.3, 0.4) is 0 Å². The minimum Gasteiger partial charge on any atom is -0.493 e. The van der Waals surface area contributed by atoms with E-state index in [0.29, 0.717) is 31.2 Å². The van der Waals surface area contributed by atoms with E-state index in [4.69, 9.17) is 18.9 Å². The molecule has 0 aliphatic carbocycles. The Morgan fingerprint density at radius 3 is 1.38 bits per heavy atom. The maximum Gasteiger partial charge on any atom is 0.344 e. The first kappa shape index (κ1) is 35.5. The summed E-state index contributed by atoms with van der Waals surface area (Å²) in [5, 5.41) is 7.82. The smallest absolute Gasteiger partial charge is 0.344 e. The van der Waals surface area contributed by atoms with Crippen LogP contribution in [0.25, 0.3) is 0 Å².